The Balaban J connectivity index is 2.70. The fourth-order valence-corrected chi connectivity index (χ4v) is 2.19. The number of nitrogens with zero attached hydrogens (tertiary/aromatic N) is 2. The van der Waals surface area contributed by atoms with E-state index in [0.29, 0.717) is 17.0 Å². The molecule has 0 atom stereocenters. The van der Waals surface area contributed by atoms with E-state index in [0.717, 1.165) is 0 Å². The summed E-state index contributed by atoms with van der Waals surface area (Å²) in [6, 6.07) is 2.88. The van der Waals surface area contributed by atoms with Gasteiger partial charge >= 0.3 is 5.97 Å². The number of carboxylic acids is 1. The van der Waals surface area contributed by atoms with E-state index in [9.17, 15) is 9.18 Å². The van der Waals surface area contributed by atoms with Crippen LogP contribution in [0.2, 0.25) is 0 Å². The number of aromatic nitrogens is 2. The van der Waals surface area contributed by atoms with Gasteiger partial charge in [-0.25, -0.2) is 9.18 Å². The van der Waals surface area contributed by atoms with Crippen LogP contribution in [0.15, 0.2) is 12.1 Å². The third-order valence-corrected chi connectivity index (χ3v) is 3.14. The van der Waals surface area contributed by atoms with Crippen LogP contribution in [0, 0.1) is 12.7 Å². The SMILES string of the molecule is COc1c(C)cc(-c2cc(C(=O)O)nn2C)c(F)c1OC. The number of ether oxygens (including phenoxy) is 2. The van der Waals surface area contributed by atoms with Crippen molar-refractivity contribution in [2.24, 2.45) is 7.05 Å². The lowest BCUT2D eigenvalue weighted by Gasteiger charge is -2.14. The van der Waals surface area contributed by atoms with E-state index in [4.69, 9.17) is 14.6 Å². The summed E-state index contributed by atoms with van der Waals surface area (Å²) < 4.78 is 26.1. The highest BCUT2D eigenvalue weighted by Crippen LogP contribution is 2.39. The van der Waals surface area contributed by atoms with Crippen molar-refractivity contribution in [3.05, 3.63) is 29.2 Å². The van der Waals surface area contributed by atoms with E-state index < -0.39 is 11.8 Å². The van der Waals surface area contributed by atoms with Gasteiger partial charge in [-0.3, -0.25) is 4.68 Å². The first kappa shape index (κ1) is 14.8. The summed E-state index contributed by atoms with van der Waals surface area (Å²) in [6.45, 7) is 1.75. The normalized spacial score (nSPS) is 10.5. The molecule has 0 saturated heterocycles. The molecule has 6 nitrogen and oxygen atoms in total. The molecule has 0 saturated carbocycles. The van der Waals surface area contributed by atoms with Gasteiger partial charge in [0.05, 0.1) is 19.9 Å². The summed E-state index contributed by atoms with van der Waals surface area (Å²) in [5.74, 6) is -1.51. The predicted octanol–water partition coefficient (Wildman–Crippen LogP) is 2.25. The lowest BCUT2D eigenvalue weighted by atomic mass is 10.1. The van der Waals surface area contributed by atoms with Crippen LogP contribution < -0.4 is 9.47 Å². The molecule has 0 spiro atoms. The Hall–Kier alpha value is -2.57. The van der Waals surface area contributed by atoms with Gasteiger partial charge in [-0.1, -0.05) is 0 Å². The Morgan fingerprint density at radius 3 is 2.38 bits per heavy atom. The van der Waals surface area contributed by atoms with Crippen LogP contribution in [0.25, 0.3) is 11.3 Å². The molecule has 1 N–H and O–H groups in total. The minimum absolute atomic E-state index is 0.0226. The van der Waals surface area contributed by atoms with Crippen molar-refractivity contribution in [3.63, 3.8) is 0 Å². The van der Waals surface area contributed by atoms with Crippen LogP contribution in [0.1, 0.15) is 16.1 Å². The van der Waals surface area contributed by atoms with Gasteiger partial charge in [-0.05, 0) is 24.6 Å². The molecule has 1 heterocycles. The summed E-state index contributed by atoms with van der Waals surface area (Å²) in [4.78, 5) is 11.0. The van der Waals surface area contributed by atoms with Crippen molar-refractivity contribution >= 4 is 5.97 Å². The molecule has 0 radical (unpaired) electrons. The van der Waals surface area contributed by atoms with Gasteiger partial charge in [0.1, 0.15) is 0 Å². The van der Waals surface area contributed by atoms with E-state index in [1.54, 1.807) is 20.0 Å². The molecule has 0 bridgehead atoms. The average molecular weight is 294 g/mol. The van der Waals surface area contributed by atoms with Crippen LogP contribution >= 0.6 is 0 Å². The molecule has 2 aromatic rings. The molecule has 0 aliphatic rings. The van der Waals surface area contributed by atoms with Gasteiger partial charge in [0.2, 0.25) is 0 Å². The molecule has 0 aliphatic heterocycles. The van der Waals surface area contributed by atoms with Crippen LogP contribution in [-0.2, 0) is 7.05 Å². The Labute approximate surface area is 120 Å². The number of carboxylic acid groups (broad SMARTS) is 1. The molecule has 7 heteroatoms. The van der Waals surface area contributed by atoms with Crippen molar-refractivity contribution in [2.45, 2.75) is 6.92 Å². The first-order chi connectivity index (χ1) is 9.90. The third-order valence-electron chi connectivity index (χ3n) is 3.14. The number of halogens is 1. The Bertz CT molecular complexity index is 709. The van der Waals surface area contributed by atoms with Crippen LogP contribution in [0.4, 0.5) is 4.39 Å². The van der Waals surface area contributed by atoms with Crippen molar-refractivity contribution < 1.29 is 23.8 Å². The standard InChI is InChI=1S/C14H15FN2O4/c1-7-5-8(11(15)13(21-4)12(7)20-3)10-6-9(14(18)19)16-17(10)2/h5-6H,1-4H3,(H,18,19). The molecule has 2 rings (SSSR count). The van der Waals surface area contributed by atoms with Gasteiger partial charge in [0.25, 0.3) is 0 Å². The summed E-state index contributed by atoms with van der Waals surface area (Å²) >= 11 is 0. The number of aryl methyl sites for hydroxylation is 2. The Kier molecular flexibility index (Phi) is 3.84. The maximum atomic E-state index is 14.6. The number of benzene rings is 1. The second-order valence-electron chi connectivity index (χ2n) is 4.47. The number of aromatic carboxylic acids is 1. The van der Waals surface area contributed by atoms with Crippen molar-refractivity contribution in [1.29, 1.82) is 0 Å². The first-order valence-electron chi connectivity index (χ1n) is 6.09. The third kappa shape index (κ3) is 2.42. The maximum Gasteiger partial charge on any atom is 0.356 e. The lowest BCUT2D eigenvalue weighted by Crippen LogP contribution is -2.02. The molecule has 0 unspecified atom stereocenters. The predicted molar refractivity (Wildman–Crippen MR) is 73.4 cm³/mol. The van der Waals surface area contributed by atoms with Gasteiger partial charge in [-0.15, -0.1) is 0 Å². The number of methoxy groups -OCH3 is 2. The molecule has 1 aromatic carbocycles. The van der Waals surface area contributed by atoms with Crippen molar-refractivity contribution in [1.82, 2.24) is 9.78 Å². The summed E-state index contributed by atoms with van der Waals surface area (Å²) in [7, 11) is 4.32. The molecule has 0 aliphatic carbocycles. The molecular weight excluding hydrogens is 279 g/mol. The molecule has 21 heavy (non-hydrogen) atoms. The second-order valence-corrected chi connectivity index (χ2v) is 4.47. The fourth-order valence-electron chi connectivity index (χ4n) is 2.19. The monoisotopic (exact) mass is 294 g/mol. The number of hydrogen-bond acceptors (Lipinski definition) is 4. The van der Waals surface area contributed by atoms with Gasteiger partial charge in [0.15, 0.2) is 23.0 Å². The van der Waals surface area contributed by atoms with E-state index in [-0.39, 0.29) is 17.0 Å². The molecule has 1 aromatic heterocycles. The van der Waals surface area contributed by atoms with E-state index in [1.165, 1.54) is 25.0 Å². The van der Waals surface area contributed by atoms with Gasteiger partial charge in [0, 0.05) is 12.6 Å². The summed E-state index contributed by atoms with van der Waals surface area (Å²) in [5.41, 5.74) is 1.06. The van der Waals surface area contributed by atoms with Crippen LogP contribution in [0.3, 0.4) is 0 Å². The first-order valence-corrected chi connectivity index (χ1v) is 6.09. The zero-order chi connectivity index (χ0) is 15.7. The van der Waals surface area contributed by atoms with E-state index in [1.807, 2.05) is 0 Å². The zero-order valence-electron chi connectivity index (χ0n) is 12.1. The van der Waals surface area contributed by atoms with Crippen LogP contribution in [0.5, 0.6) is 11.5 Å². The Morgan fingerprint density at radius 1 is 1.29 bits per heavy atom. The number of rotatable bonds is 4. The molecular formula is C14H15FN2O4. The van der Waals surface area contributed by atoms with E-state index >= 15 is 0 Å². The highest BCUT2D eigenvalue weighted by Gasteiger charge is 2.22. The topological polar surface area (TPSA) is 73.6 Å². The van der Waals surface area contributed by atoms with Crippen molar-refractivity contribution in [2.75, 3.05) is 14.2 Å². The summed E-state index contributed by atoms with van der Waals surface area (Å²) in [6.07, 6.45) is 0. The van der Waals surface area contributed by atoms with E-state index in [2.05, 4.69) is 5.10 Å². The quantitative estimate of drug-likeness (QED) is 0.936. The second kappa shape index (κ2) is 5.43. The smallest absolute Gasteiger partial charge is 0.356 e. The minimum atomic E-state index is -1.17. The highest BCUT2D eigenvalue weighted by atomic mass is 19.1. The maximum absolute atomic E-state index is 14.6. The molecule has 0 amide bonds. The Morgan fingerprint density at radius 2 is 1.90 bits per heavy atom. The summed E-state index contributed by atoms with van der Waals surface area (Å²) in [5, 5.41) is 12.8. The largest absolute Gasteiger partial charge is 0.492 e. The van der Waals surface area contributed by atoms with Gasteiger partial charge < -0.3 is 14.6 Å². The fraction of sp³-hybridized carbons (Fsp3) is 0.286. The lowest BCUT2D eigenvalue weighted by molar-refractivity contribution is 0.0689. The number of carbonyl (C=O) groups is 1. The van der Waals surface area contributed by atoms with Gasteiger partial charge in [-0.2, -0.15) is 5.10 Å². The zero-order valence-corrected chi connectivity index (χ0v) is 12.1. The van der Waals surface area contributed by atoms with Crippen LogP contribution in [-0.4, -0.2) is 35.1 Å². The molecule has 0 fully saturated rings. The molecule has 112 valence electrons. The highest BCUT2D eigenvalue weighted by molar-refractivity contribution is 5.87. The number of hydrogen-bond donors (Lipinski definition) is 1. The average Bonchev–Trinajstić information content (AvgIpc) is 2.82. The minimum Gasteiger partial charge on any atom is -0.492 e. The van der Waals surface area contributed by atoms with Crippen molar-refractivity contribution in [3.8, 4) is 22.8 Å².